The summed E-state index contributed by atoms with van der Waals surface area (Å²) in [6.45, 7) is 1.02. The Morgan fingerprint density at radius 3 is 2.94 bits per heavy atom. The summed E-state index contributed by atoms with van der Waals surface area (Å²) in [4.78, 5) is 12.1. The molecule has 0 aliphatic carbocycles. The van der Waals surface area contributed by atoms with Gasteiger partial charge in [-0.15, -0.1) is 10.2 Å². The van der Waals surface area contributed by atoms with Gasteiger partial charge in [0.25, 0.3) is 0 Å². The first-order valence-corrected chi connectivity index (χ1v) is 4.99. The Bertz CT molecular complexity index is 380. The Kier molecular flexibility index (Phi) is 2.76. The van der Waals surface area contributed by atoms with Crippen molar-refractivity contribution in [1.82, 2.24) is 15.1 Å². The largest absolute Gasteiger partial charge is 0.465 e. The highest BCUT2D eigenvalue weighted by atomic mass is 16.4. The van der Waals surface area contributed by atoms with Crippen molar-refractivity contribution in [2.24, 2.45) is 0 Å². The lowest BCUT2D eigenvalue weighted by Gasteiger charge is -2.13. The van der Waals surface area contributed by atoms with E-state index in [-0.39, 0.29) is 6.04 Å². The normalized spacial score (nSPS) is 19.8. The zero-order valence-electron chi connectivity index (χ0n) is 8.63. The van der Waals surface area contributed by atoms with Crippen LogP contribution in [0.4, 0.5) is 16.4 Å². The van der Waals surface area contributed by atoms with Gasteiger partial charge in [-0.25, -0.2) is 4.79 Å². The molecule has 1 atom stereocenters. The second kappa shape index (κ2) is 4.21. The van der Waals surface area contributed by atoms with Gasteiger partial charge in [-0.2, -0.15) is 0 Å². The van der Waals surface area contributed by atoms with E-state index in [0.717, 1.165) is 6.42 Å². The summed E-state index contributed by atoms with van der Waals surface area (Å²) in [5, 5.41) is 19.5. The van der Waals surface area contributed by atoms with Crippen molar-refractivity contribution in [3.05, 3.63) is 12.1 Å². The lowest BCUT2D eigenvalue weighted by Crippen LogP contribution is -2.30. The summed E-state index contributed by atoms with van der Waals surface area (Å²) in [5.41, 5.74) is 5.41. The van der Waals surface area contributed by atoms with E-state index in [1.807, 2.05) is 0 Å². The molecule has 1 fully saturated rings. The Balaban J connectivity index is 1.92. The zero-order valence-corrected chi connectivity index (χ0v) is 8.63. The van der Waals surface area contributed by atoms with Crippen LogP contribution in [0, 0.1) is 0 Å². The molecule has 1 aliphatic heterocycles. The van der Waals surface area contributed by atoms with Gasteiger partial charge in [0.05, 0.1) is 0 Å². The second-order valence-electron chi connectivity index (χ2n) is 3.70. The molecule has 0 bridgehead atoms. The molecule has 4 N–H and O–H groups in total. The maximum atomic E-state index is 10.7. The van der Waals surface area contributed by atoms with E-state index in [1.54, 1.807) is 12.1 Å². The van der Waals surface area contributed by atoms with Gasteiger partial charge in [0.2, 0.25) is 0 Å². The summed E-state index contributed by atoms with van der Waals surface area (Å²) in [6.07, 6.45) is -0.106. The predicted octanol–water partition coefficient (Wildman–Crippen LogP) is 0.223. The summed E-state index contributed by atoms with van der Waals surface area (Å²) >= 11 is 0. The van der Waals surface area contributed by atoms with Crippen LogP contribution < -0.4 is 11.1 Å². The fourth-order valence-corrected chi connectivity index (χ4v) is 1.68. The van der Waals surface area contributed by atoms with Crippen LogP contribution in [-0.2, 0) is 0 Å². The van der Waals surface area contributed by atoms with Gasteiger partial charge in [-0.3, -0.25) is 0 Å². The minimum atomic E-state index is -0.882. The molecule has 2 heterocycles. The summed E-state index contributed by atoms with van der Waals surface area (Å²) in [7, 11) is 0. The molecule has 0 unspecified atom stereocenters. The van der Waals surface area contributed by atoms with Crippen LogP contribution in [0.25, 0.3) is 0 Å². The van der Waals surface area contributed by atoms with Crippen LogP contribution in [0.1, 0.15) is 6.42 Å². The number of nitrogens with zero attached hydrogens (tertiary/aromatic N) is 3. The first kappa shape index (κ1) is 10.5. The van der Waals surface area contributed by atoms with E-state index in [4.69, 9.17) is 10.8 Å². The summed E-state index contributed by atoms with van der Waals surface area (Å²) < 4.78 is 0. The van der Waals surface area contributed by atoms with Crippen LogP contribution in [0.15, 0.2) is 12.1 Å². The maximum Gasteiger partial charge on any atom is 0.407 e. The van der Waals surface area contributed by atoms with Crippen LogP contribution in [0.5, 0.6) is 0 Å². The minimum absolute atomic E-state index is 0.0917. The van der Waals surface area contributed by atoms with E-state index >= 15 is 0 Å². The molecule has 0 radical (unpaired) electrons. The van der Waals surface area contributed by atoms with Crippen molar-refractivity contribution < 1.29 is 9.90 Å². The molecule has 86 valence electrons. The Labute approximate surface area is 92.3 Å². The van der Waals surface area contributed by atoms with Gasteiger partial charge >= 0.3 is 6.09 Å². The molecule has 1 amide bonds. The highest BCUT2D eigenvalue weighted by Gasteiger charge is 2.25. The Morgan fingerprint density at radius 1 is 1.56 bits per heavy atom. The average molecular weight is 223 g/mol. The van der Waals surface area contributed by atoms with Crippen molar-refractivity contribution in [2.45, 2.75) is 12.5 Å². The van der Waals surface area contributed by atoms with E-state index in [9.17, 15) is 4.79 Å². The fraction of sp³-hybridized carbons (Fsp3) is 0.444. The van der Waals surface area contributed by atoms with Crippen molar-refractivity contribution in [1.29, 1.82) is 0 Å². The highest BCUT2D eigenvalue weighted by molar-refractivity contribution is 5.65. The molecular formula is C9H13N5O2. The standard InChI is InChI=1S/C9H13N5O2/c10-7-1-2-8(13-12-7)11-6-3-4-14(5-6)9(15)16/h1-2,6H,3-5H2,(H2,10,12)(H,11,13)(H,15,16)/t6-/m1/s1. The van der Waals surface area contributed by atoms with Crippen LogP contribution in [-0.4, -0.2) is 45.4 Å². The molecule has 16 heavy (non-hydrogen) atoms. The van der Waals surface area contributed by atoms with Gasteiger partial charge in [0.15, 0.2) is 0 Å². The molecule has 1 saturated heterocycles. The van der Waals surface area contributed by atoms with Crippen LogP contribution >= 0.6 is 0 Å². The van der Waals surface area contributed by atoms with Crippen LogP contribution in [0.3, 0.4) is 0 Å². The molecule has 0 saturated carbocycles. The Morgan fingerprint density at radius 2 is 2.38 bits per heavy atom. The third-order valence-corrected chi connectivity index (χ3v) is 2.50. The number of rotatable bonds is 2. The predicted molar refractivity (Wildman–Crippen MR) is 58.1 cm³/mol. The van der Waals surface area contributed by atoms with Crippen molar-refractivity contribution in [3.8, 4) is 0 Å². The zero-order chi connectivity index (χ0) is 11.5. The molecule has 1 aliphatic rings. The number of likely N-dealkylation sites (tertiary alicyclic amines) is 1. The molecule has 2 rings (SSSR count). The van der Waals surface area contributed by atoms with Gasteiger partial charge in [0, 0.05) is 19.1 Å². The number of carbonyl (C=O) groups is 1. The van der Waals surface area contributed by atoms with Gasteiger partial charge in [-0.1, -0.05) is 0 Å². The number of nitrogen functional groups attached to an aromatic ring is 1. The molecule has 1 aromatic rings. The second-order valence-corrected chi connectivity index (χ2v) is 3.70. The molecule has 7 nitrogen and oxygen atoms in total. The van der Waals surface area contributed by atoms with Crippen molar-refractivity contribution in [3.63, 3.8) is 0 Å². The molecule has 7 heteroatoms. The summed E-state index contributed by atoms with van der Waals surface area (Å²) in [5.74, 6) is 0.982. The topological polar surface area (TPSA) is 104 Å². The first-order valence-electron chi connectivity index (χ1n) is 4.99. The monoisotopic (exact) mass is 223 g/mol. The quantitative estimate of drug-likeness (QED) is 0.662. The molecule has 0 spiro atoms. The highest BCUT2D eigenvalue weighted by Crippen LogP contribution is 2.14. The van der Waals surface area contributed by atoms with Gasteiger partial charge < -0.3 is 21.1 Å². The third-order valence-electron chi connectivity index (χ3n) is 2.50. The number of carboxylic acid groups (broad SMARTS) is 1. The smallest absolute Gasteiger partial charge is 0.407 e. The summed E-state index contributed by atoms with van der Waals surface area (Å²) in [6, 6.07) is 3.47. The number of nitrogens with two attached hydrogens (primary N) is 1. The lowest BCUT2D eigenvalue weighted by molar-refractivity contribution is 0.155. The van der Waals surface area contributed by atoms with E-state index in [1.165, 1.54) is 4.90 Å². The SMILES string of the molecule is Nc1ccc(N[C@@H]2CCN(C(=O)O)C2)nn1. The molecule has 1 aromatic heterocycles. The minimum Gasteiger partial charge on any atom is -0.465 e. The first-order chi connectivity index (χ1) is 7.65. The van der Waals surface area contributed by atoms with E-state index < -0.39 is 6.09 Å². The fourth-order valence-electron chi connectivity index (χ4n) is 1.68. The Hall–Kier alpha value is -2.05. The van der Waals surface area contributed by atoms with Gasteiger partial charge in [0.1, 0.15) is 11.6 Å². The molecular weight excluding hydrogens is 210 g/mol. The van der Waals surface area contributed by atoms with Crippen LogP contribution in [0.2, 0.25) is 0 Å². The number of hydrogen-bond acceptors (Lipinski definition) is 5. The van der Waals surface area contributed by atoms with Crippen molar-refractivity contribution in [2.75, 3.05) is 24.1 Å². The van der Waals surface area contributed by atoms with E-state index in [2.05, 4.69) is 15.5 Å². The lowest BCUT2D eigenvalue weighted by atomic mass is 10.2. The molecule has 0 aromatic carbocycles. The van der Waals surface area contributed by atoms with Gasteiger partial charge in [-0.05, 0) is 18.6 Å². The number of aromatic nitrogens is 2. The van der Waals surface area contributed by atoms with E-state index in [0.29, 0.717) is 24.7 Å². The van der Waals surface area contributed by atoms with Crippen molar-refractivity contribution >= 4 is 17.7 Å². The number of anilines is 2. The third kappa shape index (κ3) is 2.30. The number of hydrogen-bond donors (Lipinski definition) is 3. The maximum absolute atomic E-state index is 10.7. The number of nitrogens with one attached hydrogen (secondary N) is 1. The number of amides is 1. The average Bonchev–Trinajstić information content (AvgIpc) is 2.70.